The predicted octanol–water partition coefficient (Wildman–Crippen LogP) is 1.32. The summed E-state index contributed by atoms with van der Waals surface area (Å²) >= 11 is 0. The van der Waals surface area contributed by atoms with Gasteiger partial charge in [-0.15, -0.1) is 6.58 Å². The van der Waals surface area contributed by atoms with Gasteiger partial charge in [0.2, 0.25) is 0 Å². The van der Waals surface area contributed by atoms with Gasteiger partial charge < -0.3 is 14.6 Å². The lowest BCUT2D eigenvalue weighted by atomic mass is 9.98. The lowest BCUT2D eigenvalue weighted by molar-refractivity contribution is -0.146. The van der Waals surface area contributed by atoms with Gasteiger partial charge in [0.25, 0.3) is 0 Å². The van der Waals surface area contributed by atoms with E-state index < -0.39 is 11.9 Å². The second-order valence-corrected chi connectivity index (χ2v) is 3.92. The van der Waals surface area contributed by atoms with Crippen LogP contribution in [0.4, 0.5) is 0 Å². The van der Waals surface area contributed by atoms with E-state index in [2.05, 4.69) is 6.58 Å². The summed E-state index contributed by atoms with van der Waals surface area (Å²) in [4.78, 5) is 0. The van der Waals surface area contributed by atoms with Gasteiger partial charge in [-0.2, -0.15) is 0 Å². The highest BCUT2D eigenvalue weighted by atomic mass is 16.7. The standard InChI is InChI=1S/C10H18O3/c1-5-8(7(2)11)9-6-12-10(3,4)13-9/h5,7-9,11H,1,6H2,2-4H3. The van der Waals surface area contributed by atoms with E-state index in [1.807, 2.05) is 13.8 Å². The van der Waals surface area contributed by atoms with Crippen molar-refractivity contribution in [3.05, 3.63) is 12.7 Å². The summed E-state index contributed by atoms with van der Waals surface area (Å²) in [6.07, 6.45) is 1.20. The van der Waals surface area contributed by atoms with E-state index in [1.165, 1.54) is 0 Å². The van der Waals surface area contributed by atoms with Crippen LogP contribution in [0.2, 0.25) is 0 Å². The minimum Gasteiger partial charge on any atom is -0.393 e. The average molecular weight is 186 g/mol. The molecule has 1 fully saturated rings. The highest BCUT2D eigenvalue weighted by Gasteiger charge is 2.37. The monoisotopic (exact) mass is 186 g/mol. The summed E-state index contributed by atoms with van der Waals surface area (Å²) in [5, 5.41) is 9.44. The molecule has 1 aliphatic rings. The molecule has 1 saturated heterocycles. The third-order valence-corrected chi connectivity index (χ3v) is 2.29. The maximum atomic E-state index is 9.44. The Morgan fingerprint density at radius 2 is 2.23 bits per heavy atom. The van der Waals surface area contributed by atoms with Crippen molar-refractivity contribution in [3.63, 3.8) is 0 Å². The molecule has 3 heteroatoms. The molecule has 0 bridgehead atoms. The number of aliphatic hydroxyl groups is 1. The summed E-state index contributed by atoms with van der Waals surface area (Å²) in [6.45, 7) is 9.68. The van der Waals surface area contributed by atoms with Gasteiger partial charge >= 0.3 is 0 Å². The third kappa shape index (κ3) is 2.53. The molecule has 13 heavy (non-hydrogen) atoms. The second-order valence-electron chi connectivity index (χ2n) is 3.92. The van der Waals surface area contributed by atoms with Gasteiger partial charge in [0.15, 0.2) is 5.79 Å². The molecule has 1 rings (SSSR count). The highest BCUT2D eigenvalue weighted by molar-refractivity contribution is 4.91. The minimum absolute atomic E-state index is 0.0539. The molecule has 0 aromatic carbocycles. The van der Waals surface area contributed by atoms with Crippen LogP contribution in [0.1, 0.15) is 20.8 Å². The minimum atomic E-state index is -0.527. The number of aliphatic hydroxyl groups excluding tert-OH is 1. The van der Waals surface area contributed by atoms with Crippen molar-refractivity contribution in [1.29, 1.82) is 0 Å². The molecule has 3 atom stereocenters. The Morgan fingerprint density at radius 3 is 2.54 bits per heavy atom. The summed E-state index contributed by atoms with van der Waals surface area (Å²) < 4.78 is 11.0. The molecule has 3 unspecified atom stereocenters. The third-order valence-electron chi connectivity index (χ3n) is 2.29. The Labute approximate surface area is 79.3 Å². The van der Waals surface area contributed by atoms with Crippen molar-refractivity contribution in [2.75, 3.05) is 6.61 Å². The molecule has 0 amide bonds. The van der Waals surface area contributed by atoms with Crippen LogP contribution in [0.3, 0.4) is 0 Å². The van der Waals surface area contributed by atoms with Crippen LogP contribution in [0.25, 0.3) is 0 Å². The predicted molar refractivity (Wildman–Crippen MR) is 50.3 cm³/mol. The molecular formula is C10H18O3. The van der Waals surface area contributed by atoms with Gasteiger partial charge in [-0.1, -0.05) is 6.08 Å². The Bertz CT molecular complexity index is 187. The van der Waals surface area contributed by atoms with Crippen LogP contribution in [-0.4, -0.2) is 29.7 Å². The molecular weight excluding hydrogens is 168 g/mol. The summed E-state index contributed by atoms with van der Waals surface area (Å²) in [6, 6.07) is 0. The van der Waals surface area contributed by atoms with Crippen LogP contribution in [0.15, 0.2) is 12.7 Å². The number of hydrogen-bond donors (Lipinski definition) is 1. The van der Waals surface area contributed by atoms with E-state index in [9.17, 15) is 5.11 Å². The van der Waals surface area contributed by atoms with E-state index >= 15 is 0 Å². The fraction of sp³-hybridized carbons (Fsp3) is 0.800. The Balaban J connectivity index is 2.58. The first kappa shape index (κ1) is 10.7. The van der Waals surface area contributed by atoms with Crippen molar-refractivity contribution in [2.24, 2.45) is 5.92 Å². The van der Waals surface area contributed by atoms with E-state index in [-0.39, 0.29) is 12.0 Å². The van der Waals surface area contributed by atoms with Crippen LogP contribution in [0, 0.1) is 5.92 Å². The summed E-state index contributed by atoms with van der Waals surface area (Å²) in [5.41, 5.74) is 0. The van der Waals surface area contributed by atoms with Crippen molar-refractivity contribution in [2.45, 2.75) is 38.8 Å². The zero-order valence-electron chi connectivity index (χ0n) is 8.49. The molecule has 0 aromatic heterocycles. The van der Waals surface area contributed by atoms with Gasteiger partial charge in [-0.3, -0.25) is 0 Å². The largest absolute Gasteiger partial charge is 0.393 e. The molecule has 1 aliphatic heterocycles. The maximum Gasteiger partial charge on any atom is 0.163 e. The van der Waals surface area contributed by atoms with E-state index in [4.69, 9.17) is 9.47 Å². The second kappa shape index (κ2) is 3.78. The van der Waals surface area contributed by atoms with Crippen molar-refractivity contribution >= 4 is 0 Å². The first-order chi connectivity index (χ1) is 5.96. The molecule has 3 nitrogen and oxygen atoms in total. The molecule has 76 valence electrons. The van der Waals surface area contributed by atoms with Gasteiger partial charge in [0.1, 0.15) is 0 Å². The lowest BCUT2D eigenvalue weighted by Crippen LogP contribution is -2.31. The van der Waals surface area contributed by atoms with Crippen LogP contribution < -0.4 is 0 Å². The molecule has 0 radical (unpaired) electrons. The summed E-state index contributed by atoms with van der Waals surface area (Å²) in [5.74, 6) is -0.581. The molecule has 0 saturated carbocycles. The Kier molecular flexibility index (Phi) is 3.11. The zero-order chi connectivity index (χ0) is 10.1. The fourth-order valence-electron chi connectivity index (χ4n) is 1.56. The van der Waals surface area contributed by atoms with E-state index in [1.54, 1.807) is 13.0 Å². The van der Waals surface area contributed by atoms with E-state index in [0.29, 0.717) is 6.61 Å². The topological polar surface area (TPSA) is 38.7 Å². The number of hydrogen-bond acceptors (Lipinski definition) is 3. The average Bonchev–Trinajstić information content (AvgIpc) is 2.31. The number of ether oxygens (including phenoxy) is 2. The molecule has 0 aliphatic carbocycles. The normalized spacial score (nSPS) is 31.2. The van der Waals surface area contributed by atoms with Gasteiger partial charge in [-0.05, 0) is 20.8 Å². The lowest BCUT2D eigenvalue weighted by Gasteiger charge is -2.23. The van der Waals surface area contributed by atoms with Crippen LogP contribution >= 0.6 is 0 Å². The first-order valence-corrected chi connectivity index (χ1v) is 4.58. The van der Waals surface area contributed by atoms with E-state index in [0.717, 1.165) is 0 Å². The molecule has 1 N–H and O–H groups in total. The van der Waals surface area contributed by atoms with Crippen LogP contribution in [-0.2, 0) is 9.47 Å². The Hall–Kier alpha value is -0.380. The SMILES string of the molecule is C=CC(C(C)O)C1COC(C)(C)O1. The smallest absolute Gasteiger partial charge is 0.163 e. The van der Waals surface area contributed by atoms with Crippen molar-refractivity contribution < 1.29 is 14.6 Å². The fourth-order valence-corrected chi connectivity index (χ4v) is 1.56. The maximum absolute atomic E-state index is 9.44. The van der Waals surface area contributed by atoms with Crippen LogP contribution in [0.5, 0.6) is 0 Å². The highest BCUT2D eigenvalue weighted by Crippen LogP contribution is 2.28. The van der Waals surface area contributed by atoms with Crippen molar-refractivity contribution in [3.8, 4) is 0 Å². The first-order valence-electron chi connectivity index (χ1n) is 4.58. The Morgan fingerprint density at radius 1 is 1.62 bits per heavy atom. The van der Waals surface area contributed by atoms with Crippen molar-refractivity contribution in [1.82, 2.24) is 0 Å². The molecule has 0 spiro atoms. The molecule has 0 aromatic rings. The van der Waals surface area contributed by atoms with Gasteiger partial charge in [0, 0.05) is 5.92 Å². The van der Waals surface area contributed by atoms with Gasteiger partial charge in [0.05, 0.1) is 18.8 Å². The van der Waals surface area contributed by atoms with Gasteiger partial charge in [-0.25, -0.2) is 0 Å². The number of rotatable bonds is 3. The quantitative estimate of drug-likeness (QED) is 0.676. The zero-order valence-corrected chi connectivity index (χ0v) is 8.49. The summed E-state index contributed by atoms with van der Waals surface area (Å²) in [7, 11) is 0. The molecule has 1 heterocycles.